The summed E-state index contributed by atoms with van der Waals surface area (Å²) in [6, 6.07) is 15.5. The van der Waals surface area contributed by atoms with Crippen molar-refractivity contribution in [2.45, 2.75) is 32.7 Å². The monoisotopic (exact) mass is 414 g/mol. The summed E-state index contributed by atoms with van der Waals surface area (Å²) >= 11 is 7.60. The number of hydrogen-bond donors (Lipinski definition) is 1. The highest BCUT2D eigenvalue weighted by Gasteiger charge is 2.12. The minimum atomic E-state index is -0.0762. The average Bonchev–Trinajstić information content (AvgIpc) is 3.09. The van der Waals surface area contributed by atoms with Crippen molar-refractivity contribution in [1.29, 1.82) is 0 Å². The third-order valence-electron chi connectivity index (χ3n) is 4.25. The maximum Gasteiger partial charge on any atom is 0.226 e. The Morgan fingerprint density at radius 3 is 2.75 bits per heavy atom. The van der Waals surface area contributed by atoms with Gasteiger partial charge in [0.25, 0.3) is 0 Å². The number of halogens is 1. The average molecular weight is 415 g/mol. The zero-order valence-electron chi connectivity index (χ0n) is 15.9. The second-order valence-corrected chi connectivity index (χ2v) is 7.89. The minimum Gasteiger partial charge on any atom is -0.494 e. The number of benzene rings is 2. The van der Waals surface area contributed by atoms with Crippen LogP contribution in [-0.4, -0.2) is 17.5 Å². The molecule has 3 rings (SSSR count). The van der Waals surface area contributed by atoms with Gasteiger partial charge in [0.15, 0.2) is 0 Å². The molecular weight excluding hydrogens is 392 g/mol. The molecule has 2 aromatic carbocycles. The molecule has 0 radical (unpaired) electrons. The Morgan fingerprint density at radius 2 is 2.04 bits per heavy atom. The van der Waals surface area contributed by atoms with Crippen molar-refractivity contribution in [1.82, 2.24) is 10.3 Å². The van der Waals surface area contributed by atoms with Gasteiger partial charge in [-0.3, -0.25) is 4.79 Å². The van der Waals surface area contributed by atoms with Gasteiger partial charge in [-0.1, -0.05) is 35.9 Å². The quantitative estimate of drug-likeness (QED) is 0.550. The summed E-state index contributed by atoms with van der Waals surface area (Å²) in [5.74, 6) is 0.792. The lowest BCUT2D eigenvalue weighted by molar-refractivity contribution is -0.121. The summed E-state index contributed by atoms with van der Waals surface area (Å²) in [6.07, 6.45) is 0.989. The molecule has 28 heavy (non-hydrogen) atoms. The van der Waals surface area contributed by atoms with Gasteiger partial charge in [-0.2, -0.15) is 0 Å². The van der Waals surface area contributed by atoms with Crippen LogP contribution in [0.5, 0.6) is 5.75 Å². The number of carbonyl (C=O) groups excluding carboxylic acids is 1. The lowest BCUT2D eigenvalue weighted by atomic mass is 10.1. The van der Waals surface area contributed by atoms with E-state index in [4.69, 9.17) is 16.3 Å². The lowest BCUT2D eigenvalue weighted by Crippen LogP contribution is -2.28. The Labute approximate surface area is 174 Å². The first-order valence-electron chi connectivity index (χ1n) is 9.23. The van der Waals surface area contributed by atoms with Crippen LogP contribution in [-0.2, 0) is 17.6 Å². The summed E-state index contributed by atoms with van der Waals surface area (Å²) in [5.41, 5.74) is 2.94. The fourth-order valence-electron chi connectivity index (χ4n) is 2.89. The second-order valence-electron chi connectivity index (χ2n) is 6.51. The number of aromatic nitrogens is 1. The van der Waals surface area contributed by atoms with E-state index in [-0.39, 0.29) is 18.4 Å². The molecule has 1 amide bonds. The molecule has 0 saturated carbocycles. The summed E-state index contributed by atoms with van der Waals surface area (Å²) in [5, 5.41) is 6.67. The van der Waals surface area contributed by atoms with Gasteiger partial charge in [0.2, 0.25) is 5.91 Å². The molecule has 1 atom stereocenters. The number of ether oxygens (including phenoxy) is 1. The molecule has 3 aromatic rings. The molecule has 146 valence electrons. The van der Waals surface area contributed by atoms with Gasteiger partial charge in [-0.05, 0) is 49.2 Å². The normalized spacial score (nSPS) is 11.8. The highest BCUT2D eigenvalue weighted by atomic mass is 35.5. The third-order valence-corrected chi connectivity index (χ3v) is 5.39. The molecule has 0 bridgehead atoms. The van der Waals surface area contributed by atoms with E-state index in [1.54, 1.807) is 11.3 Å². The first kappa shape index (κ1) is 20.4. The minimum absolute atomic E-state index is 0.0407. The van der Waals surface area contributed by atoms with Gasteiger partial charge in [-0.25, -0.2) is 4.98 Å². The van der Waals surface area contributed by atoms with Crippen molar-refractivity contribution in [2.24, 2.45) is 0 Å². The van der Waals surface area contributed by atoms with Crippen LogP contribution >= 0.6 is 22.9 Å². The zero-order chi connectivity index (χ0) is 19.9. The van der Waals surface area contributed by atoms with Crippen LogP contribution in [0.25, 0.3) is 0 Å². The number of hydrogen-bond acceptors (Lipinski definition) is 4. The van der Waals surface area contributed by atoms with Gasteiger partial charge in [0, 0.05) is 16.8 Å². The highest BCUT2D eigenvalue weighted by Crippen LogP contribution is 2.19. The number of amides is 1. The molecule has 6 heteroatoms. The van der Waals surface area contributed by atoms with Gasteiger partial charge in [0.1, 0.15) is 5.75 Å². The molecule has 0 fully saturated rings. The van der Waals surface area contributed by atoms with Crippen LogP contribution in [0.4, 0.5) is 0 Å². The number of nitrogens with one attached hydrogen (secondary N) is 1. The number of nitrogens with zero attached hydrogens (tertiary/aromatic N) is 1. The highest BCUT2D eigenvalue weighted by molar-refractivity contribution is 7.09. The Balaban J connectivity index is 1.54. The molecular formula is C22H23ClN2O2S. The van der Waals surface area contributed by atoms with E-state index in [1.165, 1.54) is 0 Å². The van der Waals surface area contributed by atoms with E-state index in [1.807, 2.05) is 67.8 Å². The van der Waals surface area contributed by atoms with Crippen molar-refractivity contribution in [3.63, 3.8) is 0 Å². The van der Waals surface area contributed by atoms with Crippen molar-refractivity contribution in [3.8, 4) is 5.75 Å². The molecule has 1 N–H and O–H groups in total. The van der Waals surface area contributed by atoms with E-state index in [9.17, 15) is 4.79 Å². The van der Waals surface area contributed by atoms with Crippen LogP contribution in [0.2, 0.25) is 5.02 Å². The summed E-state index contributed by atoms with van der Waals surface area (Å²) in [6.45, 7) is 4.56. The zero-order valence-corrected chi connectivity index (χ0v) is 17.5. The molecule has 4 nitrogen and oxygen atoms in total. The molecule has 1 aromatic heterocycles. The van der Waals surface area contributed by atoms with Gasteiger partial charge >= 0.3 is 0 Å². The van der Waals surface area contributed by atoms with Crippen molar-refractivity contribution < 1.29 is 9.53 Å². The topological polar surface area (TPSA) is 51.2 Å². The molecule has 1 unspecified atom stereocenters. The number of thiazole rings is 1. The van der Waals surface area contributed by atoms with Crippen molar-refractivity contribution >= 4 is 28.8 Å². The standard InChI is InChI=1S/C22H23ClN2O2S/c1-3-27-20-9-7-17(8-10-20)15(2)24-21(26)13-19-14-28-22(25-19)12-16-5-4-6-18(23)11-16/h4-11,14-15H,3,12-13H2,1-2H3,(H,24,26). The molecule has 0 aliphatic rings. The van der Waals surface area contributed by atoms with Gasteiger partial charge < -0.3 is 10.1 Å². The van der Waals surface area contributed by atoms with Gasteiger partial charge in [0.05, 0.1) is 29.8 Å². The summed E-state index contributed by atoms with van der Waals surface area (Å²) < 4.78 is 5.45. The predicted molar refractivity (Wildman–Crippen MR) is 114 cm³/mol. The fourth-order valence-corrected chi connectivity index (χ4v) is 3.93. The number of carbonyl (C=O) groups is 1. The van der Waals surface area contributed by atoms with Crippen LogP contribution in [0.15, 0.2) is 53.9 Å². The Morgan fingerprint density at radius 1 is 1.25 bits per heavy atom. The Hall–Kier alpha value is -2.37. The second kappa shape index (κ2) is 9.71. The molecule has 0 saturated heterocycles. The number of rotatable bonds is 8. The lowest BCUT2D eigenvalue weighted by Gasteiger charge is -2.14. The van der Waals surface area contributed by atoms with E-state index in [2.05, 4.69) is 10.3 Å². The largest absolute Gasteiger partial charge is 0.494 e. The third kappa shape index (κ3) is 5.81. The molecule has 0 aliphatic carbocycles. The first-order chi connectivity index (χ1) is 13.5. The smallest absolute Gasteiger partial charge is 0.226 e. The van der Waals surface area contributed by atoms with Crippen molar-refractivity contribution in [3.05, 3.63) is 80.8 Å². The van der Waals surface area contributed by atoms with E-state index >= 15 is 0 Å². The van der Waals surface area contributed by atoms with Crippen LogP contribution in [0.3, 0.4) is 0 Å². The fraction of sp³-hybridized carbons (Fsp3) is 0.273. The molecule has 0 spiro atoms. The van der Waals surface area contributed by atoms with Crippen molar-refractivity contribution in [2.75, 3.05) is 6.61 Å². The Bertz CT molecular complexity index is 924. The first-order valence-corrected chi connectivity index (χ1v) is 10.5. The maximum absolute atomic E-state index is 12.4. The summed E-state index contributed by atoms with van der Waals surface area (Å²) in [4.78, 5) is 17.0. The van der Waals surface area contributed by atoms with Crippen LogP contribution < -0.4 is 10.1 Å². The molecule has 1 heterocycles. The summed E-state index contributed by atoms with van der Waals surface area (Å²) in [7, 11) is 0. The van der Waals surface area contributed by atoms with E-state index in [0.717, 1.165) is 39.0 Å². The molecule has 0 aliphatic heterocycles. The SMILES string of the molecule is CCOc1ccc(C(C)NC(=O)Cc2csc(Cc3cccc(Cl)c3)n2)cc1. The Kier molecular flexibility index (Phi) is 7.06. The van der Waals surface area contributed by atoms with E-state index < -0.39 is 0 Å². The van der Waals surface area contributed by atoms with E-state index in [0.29, 0.717) is 6.61 Å². The van der Waals surface area contributed by atoms with Crippen LogP contribution in [0, 0.1) is 0 Å². The predicted octanol–water partition coefficient (Wildman–Crippen LogP) is 5.21. The van der Waals surface area contributed by atoms with Crippen LogP contribution in [0.1, 0.15) is 41.7 Å². The maximum atomic E-state index is 12.4. The van der Waals surface area contributed by atoms with Gasteiger partial charge in [-0.15, -0.1) is 11.3 Å².